The van der Waals surface area contributed by atoms with Gasteiger partial charge in [0.15, 0.2) is 5.13 Å². The first kappa shape index (κ1) is 16.0. The number of carbonyl (C=O) groups is 1. The first-order valence-corrected chi connectivity index (χ1v) is 9.07. The largest absolute Gasteiger partial charge is 0.301 e. The number of aromatic nitrogens is 1. The number of anilines is 1. The topological polar surface area (TPSA) is 42.0 Å². The molecule has 1 heterocycles. The monoisotopic (exact) mass is 320 g/mol. The highest BCUT2D eigenvalue weighted by atomic mass is 32.2. The summed E-state index contributed by atoms with van der Waals surface area (Å²) in [4.78, 5) is 16.6. The zero-order valence-corrected chi connectivity index (χ0v) is 14.0. The van der Waals surface area contributed by atoms with E-state index in [1.807, 2.05) is 42.6 Å². The van der Waals surface area contributed by atoms with E-state index in [-0.39, 0.29) is 11.2 Å². The van der Waals surface area contributed by atoms with E-state index in [4.69, 9.17) is 0 Å². The lowest BCUT2D eigenvalue weighted by atomic mass is 10.2. The van der Waals surface area contributed by atoms with Crippen LogP contribution in [0.2, 0.25) is 0 Å². The van der Waals surface area contributed by atoms with Gasteiger partial charge in [-0.25, -0.2) is 4.98 Å². The van der Waals surface area contributed by atoms with E-state index in [1.54, 1.807) is 11.8 Å². The van der Waals surface area contributed by atoms with Crippen LogP contribution in [0.15, 0.2) is 35.7 Å². The van der Waals surface area contributed by atoms with Crippen molar-refractivity contribution in [3.05, 3.63) is 35.7 Å². The fourth-order valence-corrected chi connectivity index (χ4v) is 3.50. The summed E-state index contributed by atoms with van der Waals surface area (Å²) in [5.41, 5.74) is 1.97. The Morgan fingerprint density at radius 1 is 1.38 bits per heavy atom. The predicted molar refractivity (Wildman–Crippen MR) is 93.0 cm³/mol. The quantitative estimate of drug-likeness (QED) is 0.754. The number of benzene rings is 1. The first-order chi connectivity index (χ1) is 10.2. The lowest BCUT2D eigenvalue weighted by Crippen LogP contribution is -2.22. The summed E-state index contributed by atoms with van der Waals surface area (Å²) in [5.74, 6) is 1.06. The molecule has 0 spiro atoms. The molecule has 1 unspecified atom stereocenters. The summed E-state index contributed by atoms with van der Waals surface area (Å²) in [7, 11) is 0. The van der Waals surface area contributed by atoms with Crippen LogP contribution >= 0.6 is 23.1 Å². The van der Waals surface area contributed by atoms with E-state index in [1.165, 1.54) is 11.3 Å². The lowest BCUT2D eigenvalue weighted by molar-refractivity contribution is -0.115. The van der Waals surface area contributed by atoms with Gasteiger partial charge in [-0.15, -0.1) is 23.1 Å². The molecule has 0 bridgehead atoms. The molecule has 0 aliphatic rings. The van der Waals surface area contributed by atoms with Gasteiger partial charge in [-0.3, -0.25) is 4.79 Å². The third-order valence-corrected chi connectivity index (χ3v) is 5.04. The molecule has 1 atom stereocenters. The molecule has 0 saturated heterocycles. The van der Waals surface area contributed by atoms with Crippen molar-refractivity contribution in [2.45, 2.75) is 31.9 Å². The van der Waals surface area contributed by atoms with Gasteiger partial charge < -0.3 is 5.32 Å². The van der Waals surface area contributed by atoms with Crippen molar-refractivity contribution in [2.24, 2.45) is 0 Å². The molecule has 1 amide bonds. The minimum atomic E-state index is -0.0411. The molecule has 1 N–H and O–H groups in total. The summed E-state index contributed by atoms with van der Waals surface area (Å²) >= 11 is 3.16. The summed E-state index contributed by atoms with van der Waals surface area (Å²) in [5, 5.41) is 5.51. The Kier molecular flexibility index (Phi) is 6.26. The highest BCUT2D eigenvalue weighted by Crippen LogP contribution is 2.25. The second-order valence-corrected chi connectivity index (χ2v) is 7.07. The second-order valence-electron chi connectivity index (χ2n) is 4.76. The van der Waals surface area contributed by atoms with E-state index in [0.29, 0.717) is 5.13 Å². The fraction of sp³-hybridized carbons (Fsp3) is 0.375. The van der Waals surface area contributed by atoms with Crippen LogP contribution in [-0.4, -0.2) is 21.9 Å². The lowest BCUT2D eigenvalue weighted by Gasteiger charge is -2.09. The molecule has 0 fully saturated rings. The molecule has 5 heteroatoms. The van der Waals surface area contributed by atoms with Crippen molar-refractivity contribution in [3.8, 4) is 11.3 Å². The van der Waals surface area contributed by atoms with Gasteiger partial charge in [0.1, 0.15) is 0 Å². The second kappa shape index (κ2) is 8.20. The van der Waals surface area contributed by atoms with Crippen LogP contribution in [0, 0.1) is 0 Å². The molecule has 2 aromatic rings. The summed E-state index contributed by atoms with van der Waals surface area (Å²) < 4.78 is 0. The van der Waals surface area contributed by atoms with E-state index >= 15 is 0 Å². The van der Waals surface area contributed by atoms with Gasteiger partial charge in [0.25, 0.3) is 0 Å². The molecule has 3 nitrogen and oxygen atoms in total. The third kappa shape index (κ3) is 4.86. The van der Waals surface area contributed by atoms with Crippen LogP contribution in [0.4, 0.5) is 5.13 Å². The standard InChI is InChI=1S/C16H20N2OS2/c1-3-4-10-20-12(2)15(19)18-16-17-14(11-21-16)13-8-6-5-7-9-13/h5-9,11-12H,3-4,10H2,1-2H3,(H,17,18,19). The Morgan fingerprint density at radius 2 is 2.14 bits per heavy atom. The molecule has 0 saturated carbocycles. The summed E-state index contributed by atoms with van der Waals surface area (Å²) in [6, 6.07) is 9.99. The molecule has 0 aliphatic heterocycles. The van der Waals surface area contributed by atoms with Gasteiger partial charge in [0, 0.05) is 10.9 Å². The maximum Gasteiger partial charge on any atom is 0.238 e. The molecule has 0 aliphatic carbocycles. The van der Waals surface area contributed by atoms with Crippen LogP contribution in [0.1, 0.15) is 26.7 Å². The van der Waals surface area contributed by atoms with Crippen LogP contribution < -0.4 is 5.32 Å². The Hall–Kier alpha value is -1.33. The van der Waals surface area contributed by atoms with Crippen LogP contribution in [0.3, 0.4) is 0 Å². The number of nitrogens with zero attached hydrogens (tertiary/aromatic N) is 1. The summed E-state index contributed by atoms with van der Waals surface area (Å²) in [6.45, 7) is 4.10. The van der Waals surface area contributed by atoms with E-state index in [9.17, 15) is 4.79 Å². The average Bonchev–Trinajstić information content (AvgIpc) is 2.97. The van der Waals surface area contributed by atoms with Crippen molar-refractivity contribution >= 4 is 34.1 Å². The minimum Gasteiger partial charge on any atom is -0.301 e. The van der Waals surface area contributed by atoms with Crippen molar-refractivity contribution in [1.29, 1.82) is 0 Å². The van der Waals surface area contributed by atoms with Gasteiger partial charge in [0.2, 0.25) is 5.91 Å². The summed E-state index contributed by atoms with van der Waals surface area (Å²) in [6.07, 6.45) is 2.31. The van der Waals surface area contributed by atoms with E-state index in [0.717, 1.165) is 29.9 Å². The van der Waals surface area contributed by atoms with Gasteiger partial charge in [-0.2, -0.15) is 0 Å². The molecular formula is C16H20N2OS2. The number of rotatable bonds is 7. The minimum absolute atomic E-state index is 0.0325. The third-order valence-electron chi connectivity index (χ3n) is 3.04. The molecule has 1 aromatic carbocycles. The van der Waals surface area contributed by atoms with Gasteiger partial charge in [0.05, 0.1) is 10.9 Å². The van der Waals surface area contributed by atoms with Crippen molar-refractivity contribution in [2.75, 3.05) is 11.1 Å². The molecule has 21 heavy (non-hydrogen) atoms. The number of carbonyl (C=O) groups excluding carboxylic acids is 1. The van der Waals surface area contributed by atoms with E-state index < -0.39 is 0 Å². The normalized spacial score (nSPS) is 12.1. The molecule has 112 valence electrons. The smallest absolute Gasteiger partial charge is 0.238 e. The van der Waals surface area contributed by atoms with Crippen LogP contribution in [0.25, 0.3) is 11.3 Å². The van der Waals surface area contributed by atoms with E-state index in [2.05, 4.69) is 17.2 Å². The average molecular weight is 320 g/mol. The number of amides is 1. The molecule has 0 radical (unpaired) electrons. The van der Waals surface area contributed by atoms with Gasteiger partial charge in [-0.05, 0) is 19.1 Å². The Balaban J connectivity index is 1.92. The zero-order valence-electron chi connectivity index (χ0n) is 12.3. The highest BCUT2D eigenvalue weighted by Gasteiger charge is 2.15. The van der Waals surface area contributed by atoms with Crippen LogP contribution in [-0.2, 0) is 4.79 Å². The molecular weight excluding hydrogens is 300 g/mol. The number of thiazole rings is 1. The molecule has 1 aromatic heterocycles. The van der Waals surface area contributed by atoms with Crippen molar-refractivity contribution < 1.29 is 4.79 Å². The zero-order chi connectivity index (χ0) is 15.1. The van der Waals surface area contributed by atoms with Crippen LogP contribution in [0.5, 0.6) is 0 Å². The SMILES string of the molecule is CCCCSC(C)C(=O)Nc1nc(-c2ccccc2)cs1. The van der Waals surface area contributed by atoms with Crippen molar-refractivity contribution in [1.82, 2.24) is 4.98 Å². The maximum absolute atomic E-state index is 12.1. The number of unbranched alkanes of at least 4 members (excludes halogenated alkanes) is 1. The Bertz CT molecular complexity index is 569. The number of thioether (sulfide) groups is 1. The fourth-order valence-electron chi connectivity index (χ4n) is 1.76. The maximum atomic E-state index is 12.1. The predicted octanol–water partition coefficient (Wildman–Crippen LogP) is 4.67. The number of hydrogen-bond acceptors (Lipinski definition) is 4. The Labute approximate surface area is 134 Å². The van der Waals surface area contributed by atoms with Crippen molar-refractivity contribution in [3.63, 3.8) is 0 Å². The number of hydrogen-bond donors (Lipinski definition) is 1. The highest BCUT2D eigenvalue weighted by molar-refractivity contribution is 8.00. The van der Waals surface area contributed by atoms with Gasteiger partial charge in [-0.1, -0.05) is 43.7 Å². The first-order valence-electron chi connectivity index (χ1n) is 7.14. The molecule has 2 rings (SSSR count). The Morgan fingerprint density at radius 3 is 2.86 bits per heavy atom. The number of nitrogens with one attached hydrogen (secondary N) is 1. The van der Waals surface area contributed by atoms with Gasteiger partial charge >= 0.3 is 0 Å².